The highest BCUT2D eigenvalue weighted by Crippen LogP contribution is 2.22. The fourth-order valence-electron chi connectivity index (χ4n) is 3.09. The van der Waals surface area contributed by atoms with Gasteiger partial charge in [-0.3, -0.25) is 4.79 Å². The van der Waals surface area contributed by atoms with E-state index in [1.54, 1.807) is 38.1 Å². The van der Waals surface area contributed by atoms with Gasteiger partial charge in [0.2, 0.25) is 0 Å². The van der Waals surface area contributed by atoms with Crippen LogP contribution in [-0.2, 0) is 14.3 Å². The first kappa shape index (κ1) is 26.6. The van der Waals surface area contributed by atoms with E-state index in [0.29, 0.717) is 12.0 Å². The van der Waals surface area contributed by atoms with Gasteiger partial charge in [-0.15, -0.1) is 6.58 Å². The predicted molar refractivity (Wildman–Crippen MR) is 126 cm³/mol. The van der Waals surface area contributed by atoms with Crippen LogP contribution in [0.2, 0.25) is 0 Å². The van der Waals surface area contributed by atoms with Gasteiger partial charge in [0.1, 0.15) is 5.69 Å². The van der Waals surface area contributed by atoms with Crippen LogP contribution in [0.25, 0.3) is 0 Å². The molecular formula is C26H28F2N2O4. The van der Waals surface area contributed by atoms with Crippen LogP contribution >= 0.6 is 0 Å². The van der Waals surface area contributed by atoms with E-state index in [0.717, 1.165) is 12.1 Å². The molecule has 2 aromatic rings. The molecule has 0 aliphatic rings. The normalized spacial score (nSPS) is 12.0. The summed E-state index contributed by atoms with van der Waals surface area (Å²) in [4.78, 5) is 24.7. The van der Waals surface area contributed by atoms with E-state index in [2.05, 4.69) is 29.1 Å². The maximum absolute atomic E-state index is 14.6. The summed E-state index contributed by atoms with van der Waals surface area (Å²) in [5.41, 5.74) is -0.960. The first-order valence-electron chi connectivity index (χ1n) is 10.8. The minimum atomic E-state index is -1.15. The molecular weight excluding hydrogens is 442 g/mol. The molecule has 2 aromatic carbocycles. The fraction of sp³-hybridized carbons (Fsp3) is 0.308. The van der Waals surface area contributed by atoms with Crippen molar-refractivity contribution in [2.45, 2.75) is 32.2 Å². The topological polar surface area (TPSA) is 76.7 Å². The molecule has 34 heavy (non-hydrogen) atoms. The molecule has 2 rings (SSSR count). The maximum atomic E-state index is 14.6. The van der Waals surface area contributed by atoms with Crippen molar-refractivity contribution >= 4 is 17.7 Å². The van der Waals surface area contributed by atoms with Crippen LogP contribution in [-0.4, -0.2) is 37.4 Å². The molecule has 0 spiro atoms. The minimum Gasteiger partial charge on any atom is -0.466 e. The molecule has 0 fully saturated rings. The van der Waals surface area contributed by atoms with Crippen molar-refractivity contribution in [3.05, 3.63) is 77.9 Å². The van der Waals surface area contributed by atoms with E-state index in [1.165, 1.54) is 6.08 Å². The molecule has 0 aliphatic carbocycles. The average molecular weight is 471 g/mol. The molecule has 1 unspecified atom stereocenters. The van der Waals surface area contributed by atoms with Crippen LogP contribution in [0.4, 0.5) is 19.3 Å². The summed E-state index contributed by atoms with van der Waals surface area (Å²) in [6.45, 7) is 7.32. The largest absolute Gasteiger partial charge is 0.466 e. The lowest BCUT2D eigenvalue weighted by Gasteiger charge is -2.32. The summed E-state index contributed by atoms with van der Waals surface area (Å²) in [7, 11) is 0. The van der Waals surface area contributed by atoms with Crippen LogP contribution in [0.15, 0.2) is 55.1 Å². The molecule has 6 nitrogen and oxygen atoms in total. The number of carbonyl (C=O) groups excluding carboxylic acids is 2. The lowest BCUT2D eigenvalue weighted by molar-refractivity contribution is -0.145. The Balaban J connectivity index is 2.18. The van der Waals surface area contributed by atoms with Gasteiger partial charge in [0.15, 0.2) is 11.6 Å². The van der Waals surface area contributed by atoms with Gasteiger partial charge >= 0.3 is 12.0 Å². The highest BCUT2D eigenvalue weighted by Gasteiger charge is 2.34. The van der Waals surface area contributed by atoms with Gasteiger partial charge in [0.05, 0.1) is 31.8 Å². The third-order valence-electron chi connectivity index (χ3n) is 4.86. The number of anilines is 1. The summed E-state index contributed by atoms with van der Waals surface area (Å²) >= 11 is 0. The average Bonchev–Trinajstić information content (AvgIpc) is 2.81. The second-order valence-corrected chi connectivity index (χ2v) is 7.43. The van der Waals surface area contributed by atoms with E-state index in [-0.39, 0.29) is 31.8 Å². The monoisotopic (exact) mass is 470 g/mol. The third-order valence-corrected chi connectivity index (χ3v) is 4.86. The number of urea groups is 1. The van der Waals surface area contributed by atoms with Gasteiger partial charge in [-0.2, -0.15) is 0 Å². The van der Waals surface area contributed by atoms with Crippen molar-refractivity contribution in [3.8, 4) is 11.8 Å². The first-order chi connectivity index (χ1) is 16.3. The lowest BCUT2D eigenvalue weighted by Crippen LogP contribution is -2.54. The molecule has 1 atom stereocenters. The highest BCUT2D eigenvalue weighted by atomic mass is 19.1. The van der Waals surface area contributed by atoms with Crippen LogP contribution in [0.3, 0.4) is 0 Å². The van der Waals surface area contributed by atoms with E-state index >= 15 is 0 Å². The van der Waals surface area contributed by atoms with Crippen LogP contribution in [0.5, 0.6) is 0 Å². The Morgan fingerprint density at radius 1 is 1.09 bits per heavy atom. The Kier molecular flexibility index (Phi) is 10.2. The molecule has 2 N–H and O–H groups in total. The highest BCUT2D eigenvalue weighted by molar-refractivity contribution is 5.90. The van der Waals surface area contributed by atoms with Crippen molar-refractivity contribution < 1.29 is 27.8 Å². The molecule has 180 valence electrons. The zero-order valence-corrected chi connectivity index (χ0v) is 19.3. The Morgan fingerprint density at radius 2 is 1.74 bits per heavy atom. The van der Waals surface area contributed by atoms with Crippen molar-refractivity contribution in [1.29, 1.82) is 0 Å². The van der Waals surface area contributed by atoms with Gasteiger partial charge < -0.3 is 20.1 Å². The Labute approximate surface area is 198 Å². The summed E-state index contributed by atoms with van der Waals surface area (Å²) in [6, 6.07) is 10.2. The van der Waals surface area contributed by atoms with Crippen molar-refractivity contribution in [1.82, 2.24) is 5.32 Å². The van der Waals surface area contributed by atoms with Crippen LogP contribution in [0, 0.1) is 23.5 Å². The predicted octanol–water partition coefficient (Wildman–Crippen LogP) is 4.79. The van der Waals surface area contributed by atoms with E-state index in [1.807, 2.05) is 6.07 Å². The molecule has 0 radical (unpaired) electrons. The Bertz CT molecular complexity index is 1040. The zero-order chi connectivity index (χ0) is 25.0. The number of carbonyl (C=O) groups is 2. The van der Waals surface area contributed by atoms with Crippen LogP contribution in [0.1, 0.15) is 37.8 Å². The van der Waals surface area contributed by atoms with Crippen LogP contribution < -0.4 is 10.6 Å². The Hall–Kier alpha value is -3.70. The number of amides is 2. The van der Waals surface area contributed by atoms with Gasteiger partial charge in [-0.1, -0.05) is 43.0 Å². The van der Waals surface area contributed by atoms with E-state index < -0.39 is 34.9 Å². The molecule has 0 saturated carbocycles. The Morgan fingerprint density at radius 3 is 2.32 bits per heavy atom. The fourth-order valence-corrected chi connectivity index (χ4v) is 3.09. The lowest BCUT2D eigenvalue weighted by atomic mass is 9.93. The number of ether oxygens (including phenoxy) is 2. The number of rotatable bonds is 10. The van der Waals surface area contributed by atoms with Crippen molar-refractivity contribution in [2.75, 3.05) is 25.1 Å². The zero-order valence-electron chi connectivity index (χ0n) is 19.3. The minimum absolute atomic E-state index is 0.0271. The van der Waals surface area contributed by atoms with Crippen molar-refractivity contribution in [2.24, 2.45) is 0 Å². The molecule has 8 heteroatoms. The SMILES string of the molecule is C=CCOCC(CC)(CC(=O)OCC)NC(=O)Nc1c(F)cc(C#Cc2ccccc2)cc1F. The smallest absolute Gasteiger partial charge is 0.319 e. The standard InChI is InChI=1S/C26H28F2N2O4/c1-4-14-33-18-26(5-2,17-23(31)34-6-3)30-25(32)29-24-21(27)15-20(16-22(24)28)13-12-19-10-8-7-9-11-19/h4,7-11,15-16H,1,5-6,14,17-18H2,2-3H3,(H2,29,30,32). The summed E-state index contributed by atoms with van der Waals surface area (Å²) in [5.74, 6) is 3.01. The number of hydrogen-bond donors (Lipinski definition) is 2. The first-order valence-corrected chi connectivity index (χ1v) is 10.8. The number of nitrogens with one attached hydrogen (secondary N) is 2. The quantitative estimate of drug-likeness (QED) is 0.227. The van der Waals surface area contributed by atoms with E-state index in [9.17, 15) is 18.4 Å². The summed E-state index contributed by atoms with van der Waals surface area (Å²) < 4.78 is 39.7. The summed E-state index contributed by atoms with van der Waals surface area (Å²) in [6.07, 6.45) is 1.65. The van der Waals surface area contributed by atoms with Gasteiger partial charge in [0.25, 0.3) is 0 Å². The molecule has 0 heterocycles. The van der Waals surface area contributed by atoms with Gasteiger partial charge in [-0.25, -0.2) is 13.6 Å². The van der Waals surface area contributed by atoms with Gasteiger partial charge in [0, 0.05) is 11.1 Å². The second kappa shape index (κ2) is 13.1. The molecule has 0 aromatic heterocycles. The number of hydrogen-bond acceptors (Lipinski definition) is 4. The summed E-state index contributed by atoms with van der Waals surface area (Å²) in [5, 5.41) is 4.81. The second-order valence-electron chi connectivity index (χ2n) is 7.43. The number of halogens is 2. The molecule has 2 amide bonds. The third kappa shape index (κ3) is 8.01. The molecule has 0 bridgehead atoms. The number of benzene rings is 2. The van der Waals surface area contributed by atoms with Crippen molar-refractivity contribution in [3.63, 3.8) is 0 Å². The van der Waals surface area contributed by atoms with E-state index in [4.69, 9.17) is 9.47 Å². The van der Waals surface area contributed by atoms with Gasteiger partial charge in [-0.05, 0) is 37.6 Å². The molecule has 0 saturated heterocycles. The molecule has 0 aliphatic heterocycles. The number of esters is 1. The maximum Gasteiger partial charge on any atom is 0.319 e.